The van der Waals surface area contributed by atoms with Crippen molar-refractivity contribution in [2.75, 3.05) is 37.7 Å². The van der Waals surface area contributed by atoms with Crippen molar-refractivity contribution in [2.24, 2.45) is 0 Å². The van der Waals surface area contributed by atoms with Crippen LogP contribution >= 0.6 is 0 Å². The van der Waals surface area contributed by atoms with Crippen LogP contribution in [0.5, 0.6) is 0 Å². The highest BCUT2D eigenvalue weighted by Crippen LogP contribution is 2.47. The van der Waals surface area contributed by atoms with Crippen LogP contribution in [0.25, 0.3) is 11.1 Å². The van der Waals surface area contributed by atoms with Crippen LogP contribution in [0.1, 0.15) is 69.7 Å². The van der Waals surface area contributed by atoms with Gasteiger partial charge < -0.3 is 4.74 Å². The van der Waals surface area contributed by atoms with Crippen molar-refractivity contribution < 1.29 is 17.9 Å². The zero-order chi connectivity index (χ0) is 24.9. The molecule has 0 bridgehead atoms. The molecular weight excluding hydrogens is 446 g/mol. The van der Waals surface area contributed by atoms with Crippen LogP contribution in [0, 0.1) is 0 Å². The fourth-order valence-electron chi connectivity index (χ4n) is 4.78. The number of fused-ring (bicyclic) bond motifs is 3. The number of hydrogen-bond acceptors (Lipinski definition) is 5. The molecule has 5 nitrogen and oxygen atoms in total. The topological polar surface area (TPSA) is 63.7 Å². The second-order valence-corrected chi connectivity index (χ2v) is 14.0. The van der Waals surface area contributed by atoms with E-state index in [-0.39, 0.29) is 34.9 Å². The lowest BCUT2D eigenvalue weighted by atomic mass is 9.83. The Morgan fingerprint density at radius 1 is 0.882 bits per heavy atom. The van der Waals surface area contributed by atoms with Crippen LogP contribution in [0.3, 0.4) is 0 Å². The minimum absolute atomic E-state index is 0.0244. The summed E-state index contributed by atoms with van der Waals surface area (Å²) >= 11 is 0. The lowest BCUT2D eigenvalue weighted by Gasteiger charge is -2.26. The quantitative estimate of drug-likeness (QED) is 0.592. The number of carbonyl (C=O) groups is 1. The minimum atomic E-state index is -2.92. The summed E-state index contributed by atoms with van der Waals surface area (Å²) in [6.45, 7) is 14.9. The molecule has 1 aliphatic carbocycles. The Bertz CT molecular complexity index is 1120. The van der Waals surface area contributed by atoms with Gasteiger partial charge in [0.1, 0.15) is 12.5 Å². The van der Waals surface area contributed by atoms with E-state index in [1.165, 1.54) is 11.1 Å². The molecule has 0 spiro atoms. The van der Waals surface area contributed by atoms with Crippen molar-refractivity contribution in [1.82, 2.24) is 4.90 Å². The molecule has 2 aromatic rings. The molecule has 0 N–H and O–H groups in total. The zero-order valence-corrected chi connectivity index (χ0v) is 22.1. The summed E-state index contributed by atoms with van der Waals surface area (Å²) in [5.74, 6) is -0.330. The van der Waals surface area contributed by atoms with Crippen molar-refractivity contribution in [3.05, 3.63) is 58.7 Å². The van der Waals surface area contributed by atoms with E-state index in [0.717, 1.165) is 22.3 Å². The van der Waals surface area contributed by atoms with Gasteiger partial charge >= 0.3 is 5.97 Å². The molecule has 0 amide bonds. The maximum absolute atomic E-state index is 13.5. The fourth-order valence-corrected chi connectivity index (χ4v) is 6.06. The summed E-state index contributed by atoms with van der Waals surface area (Å²) < 4.78 is 29.2. The largest absolute Gasteiger partial charge is 0.464 e. The number of sulfone groups is 1. The van der Waals surface area contributed by atoms with Gasteiger partial charge in [0.2, 0.25) is 0 Å². The van der Waals surface area contributed by atoms with Gasteiger partial charge in [0.25, 0.3) is 0 Å². The first-order valence-electron chi connectivity index (χ1n) is 12.1. The van der Waals surface area contributed by atoms with E-state index in [2.05, 4.69) is 82.8 Å². The number of rotatable bonds is 4. The number of carbonyl (C=O) groups excluding carboxylic acids is 1. The third-order valence-corrected chi connectivity index (χ3v) is 8.68. The Morgan fingerprint density at radius 2 is 1.35 bits per heavy atom. The number of ether oxygens (including phenoxy) is 1. The Labute approximate surface area is 204 Å². The van der Waals surface area contributed by atoms with Crippen molar-refractivity contribution in [1.29, 1.82) is 0 Å². The van der Waals surface area contributed by atoms with Crippen LogP contribution in [-0.4, -0.2) is 57.0 Å². The van der Waals surface area contributed by atoms with Gasteiger partial charge in [-0.2, -0.15) is 0 Å². The summed E-state index contributed by atoms with van der Waals surface area (Å²) in [6, 6.07) is 13.0. The van der Waals surface area contributed by atoms with Crippen molar-refractivity contribution in [3.8, 4) is 11.1 Å². The van der Waals surface area contributed by atoms with Crippen molar-refractivity contribution in [3.63, 3.8) is 0 Å². The van der Waals surface area contributed by atoms with Gasteiger partial charge in [-0.25, -0.2) is 8.42 Å². The van der Waals surface area contributed by atoms with E-state index in [9.17, 15) is 13.2 Å². The van der Waals surface area contributed by atoms with Gasteiger partial charge in [-0.3, -0.25) is 9.69 Å². The molecule has 0 saturated carbocycles. The molecule has 1 heterocycles. The second-order valence-electron chi connectivity index (χ2n) is 11.7. The van der Waals surface area contributed by atoms with Crippen LogP contribution in [0.4, 0.5) is 0 Å². The lowest BCUT2D eigenvalue weighted by molar-refractivity contribution is -0.144. The van der Waals surface area contributed by atoms with E-state index >= 15 is 0 Å². The Kier molecular flexibility index (Phi) is 6.45. The summed E-state index contributed by atoms with van der Waals surface area (Å²) in [7, 11) is -2.92. The van der Waals surface area contributed by atoms with Crippen LogP contribution in [0.2, 0.25) is 0 Å². The Hall–Kier alpha value is -2.18. The van der Waals surface area contributed by atoms with Crippen LogP contribution in [0.15, 0.2) is 36.4 Å². The van der Waals surface area contributed by atoms with Gasteiger partial charge in [0.15, 0.2) is 9.84 Å². The smallest absolute Gasteiger partial charge is 0.318 e. The van der Waals surface area contributed by atoms with Gasteiger partial charge in [0, 0.05) is 19.6 Å². The molecule has 2 aliphatic rings. The standard InChI is InChI=1S/C28H37NO4S/c1-27(2,3)19-7-9-21-22-10-8-20(28(4,5)6)18-24(22)25(23(21)17-19)26(30)33-14-11-29-12-15-34(31,32)16-13-29/h7-10,17-18,25H,11-16H2,1-6H3. The maximum Gasteiger partial charge on any atom is 0.318 e. The summed E-state index contributed by atoms with van der Waals surface area (Å²) in [5.41, 5.74) is 6.58. The van der Waals surface area contributed by atoms with Gasteiger partial charge in [-0.1, -0.05) is 77.9 Å². The van der Waals surface area contributed by atoms with E-state index in [0.29, 0.717) is 19.6 Å². The van der Waals surface area contributed by atoms with E-state index in [1.54, 1.807) is 0 Å². The van der Waals surface area contributed by atoms with E-state index < -0.39 is 15.8 Å². The monoisotopic (exact) mass is 483 g/mol. The molecule has 0 atom stereocenters. The van der Waals surface area contributed by atoms with Crippen LogP contribution in [-0.2, 0) is 30.2 Å². The molecule has 184 valence electrons. The van der Waals surface area contributed by atoms with Gasteiger partial charge in [-0.05, 0) is 44.2 Å². The average molecular weight is 484 g/mol. The highest BCUT2D eigenvalue weighted by Gasteiger charge is 2.37. The SMILES string of the molecule is CC(C)(C)c1ccc2c(c1)C(C(=O)OCCN1CCS(=O)(=O)CC1)c1cc(C(C)(C)C)ccc1-2. The Morgan fingerprint density at radius 3 is 1.79 bits per heavy atom. The first kappa shape index (κ1) is 24.9. The summed E-state index contributed by atoms with van der Waals surface area (Å²) in [4.78, 5) is 15.6. The molecular formula is C28H37NO4S. The van der Waals surface area contributed by atoms with Crippen molar-refractivity contribution in [2.45, 2.75) is 58.3 Å². The number of benzene rings is 2. The average Bonchev–Trinajstić information content (AvgIpc) is 3.06. The highest BCUT2D eigenvalue weighted by atomic mass is 32.2. The summed E-state index contributed by atoms with van der Waals surface area (Å²) in [5, 5.41) is 0. The molecule has 34 heavy (non-hydrogen) atoms. The molecule has 1 saturated heterocycles. The maximum atomic E-state index is 13.5. The second kappa shape index (κ2) is 8.80. The normalized spacial score (nSPS) is 18.4. The Balaban J connectivity index is 1.60. The predicted molar refractivity (Wildman–Crippen MR) is 137 cm³/mol. The third kappa shape index (κ3) is 5.08. The number of nitrogens with zero attached hydrogens (tertiary/aromatic N) is 1. The first-order chi connectivity index (χ1) is 15.8. The first-order valence-corrected chi connectivity index (χ1v) is 14.0. The molecule has 2 aromatic carbocycles. The fraction of sp³-hybridized carbons (Fsp3) is 0.536. The minimum Gasteiger partial charge on any atom is -0.464 e. The van der Waals surface area contributed by atoms with E-state index in [1.807, 2.05) is 0 Å². The molecule has 0 radical (unpaired) electrons. The molecule has 6 heteroatoms. The zero-order valence-electron chi connectivity index (χ0n) is 21.3. The lowest BCUT2D eigenvalue weighted by Crippen LogP contribution is -2.42. The van der Waals surface area contributed by atoms with Crippen molar-refractivity contribution >= 4 is 15.8 Å². The number of hydrogen-bond donors (Lipinski definition) is 0. The van der Waals surface area contributed by atoms with E-state index in [4.69, 9.17) is 4.74 Å². The van der Waals surface area contributed by atoms with Gasteiger partial charge in [0.05, 0.1) is 11.5 Å². The molecule has 0 unspecified atom stereocenters. The molecule has 1 aliphatic heterocycles. The molecule has 0 aromatic heterocycles. The highest BCUT2D eigenvalue weighted by molar-refractivity contribution is 7.91. The summed E-state index contributed by atoms with van der Waals surface area (Å²) in [6.07, 6.45) is 0. The number of esters is 1. The molecule has 4 rings (SSSR count). The third-order valence-electron chi connectivity index (χ3n) is 7.07. The van der Waals surface area contributed by atoms with Gasteiger partial charge in [-0.15, -0.1) is 0 Å². The molecule has 1 fully saturated rings. The van der Waals surface area contributed by atoms with Crippen LogP contribution < -0.4 is 0 Å². The predicted octanol–water partition coefficient (Wildman–Crippen LogP) is 4.67.